The first-order valence-electron chi connectivity index (χ1n) is 7.97. The summed E-state index contributed by atoms with van der Waals surface area (Å²) in [5, 5.41) is 15.5. The summed E-state index contributed by atoms with van der Waals surface area (Å²) in [5.74, 6) is 0.468. The Bertz CT molecular complexity index is 798. The number of rotatable bonds is 4. The van der Waals surface area contributed by atoms with Crippen LogP contribution in [0.25, 0.3) is 11.1 Å². The summed E-state index contributed by atoms with van der Waals surface area (Å²) in [6, 6.07) is 8.25. The number of nitrogens with one attached hydrogen (secondary N) is 2. The van der Waals surface area contributed by atoms with Crippen LogP contribution < -0.4 is 4.90 Å². The lowest BCUT2D eigenvalue weighted by molar-refractivity contribution is 0.0190. The van der Waals surface area contributed by atoms with Gasteiger partial charge in [0.15, 0.2) is 0 Å². The Labute approximate surface area is 142 Å². The van der Waals surface area contributed by atoms with Crippen molar-refractivity contribution in [2.75, 3.05) is 12.0 Å². The van der Waals surface area contributed by atoms with Crippen molar-refractivity contribution < 1.29 is 4.74 Å². The van der Waals surface area contributed by atoms with Crippen molar-refractivity contribution in [2.45, 2.75) is 32.3 Å². The van der Waals surface area contributed by atoms with Gasteiger partial charge in [-0.05, 0) is 49.6 Å². The van der Waals surface area contributed by atoms with Gasteiger partial charge in [0.05, 0.1) is 17.6 Å². The first-order chi connectivity index (χ1) is 11.5. The third kappa shape index (κ3) is 2.83. The quantitative estimate of drug-likeness (QED) is 0.661. The van der Waals surface area contributed by atoms with Crippen LogP contribution in [-0.2, 0) is 16.8 Å². The molecule has 1 aromatic heterocycles. The number of aryl methyl sites for hydroxylation is 1. The molecule has 0 saturated carbocycles. The molecule has 1 aliphatic rings. The molecular formula is C19H22N4O. The van der Waals surface area contributed by atoms with E-state index >= 15 is 0 Å². The van der Waals surface area contributed by atoms with E-state index in [1.54, 1.807) is 12.0 Å². The average molecular weight is 322 g/mol. The number of hydrogen-bond donors (Lipinski definition) is 2. The Morgan fingerprint density at radius 2 is 1.96 bits per heavy atom. The Kier molecular flexibility index (Phi) is 4.20. The first kappa shape index (κ1) is 16.3. The number of nitrogens with zero attached hydrogens (tertiary/aromatic N) is 2. The van der Waals surface area contributed by atoms with Crippen molar-refractivity contribution in [1.82, 2.24) is 4.98 Å². The molecule has 0 amide bonds. The molecule has 5 nitrogen and oxygen atoms in total. The maximum atomic E-state index is 7.96. The van der Waals surface area contributed by atoms with Crippen LogP contribution in [0.3, 0.4) is 0 Å². The van der Waals surface area contributed by atoms with Gasteiger partial charge in [-0.3, -0.25) is 20.7 Å². The lowest BCUT2D eigenvalue weighted by atomic mass is 9.93. The highest BCUT2D eigenvalue weighted by Gasteiger charge is 2.22. The minimum atomic E-state index is -0.386. The molecule has 3 rings (SSSR count). The van der Waals surface area contributed by atoms with Crippen LogP contribution in [0.5, 0.6) is 0 Å². The fourth-order valence-electron chi connectivity index (χ4n) is 2.91. The molecule has 2 aromatic rings. The number of aromatic nitrogens is 1. The van der Waals surface area contributed by atoms with Crippen LogP contribution in [0.1, 0.15) is 31.4 Å². The highest BCUT2D eigenvalue weighted by atomic mass is 16.5. The van der Waals surface area contributed by atoms with Crippen LogP contribution in [0.2, 0.25) is 0 Å². The van der Waals surface area contributed by atoms with Gasteiger partial charge in [-0.2, -0.15) is 0 Å². The molecule has 2 N–H and O–H groups in total. The molecule has 5 heteroatoms. The van der Waals surface area contributed by atoms with Crippen molar-refractivity contribution in [3.63, 3.8) is 0 Å². The second-order valence-corrected chi connectivity index (χ2v) is 6.47. The average Bonchev–Trinajstić information content (AvgIpc) is 2.61. The zero-order chi connectivity index (χ0) is 17.3. The summed E-state index contributed by atoms with van der Waals surface area (Å²) in [6.45, 7) is 4.04. The molecule has 124 valence electrons. The largest absolute Gasteiger partial charge is 0.374 e. The molecule has 1 aromatic carbocycles. The number of pyridine rings is 1. The van der Waals surface area contributed by atoms with E-state index < -0.39 is 0 Å². The molecule has 0 atom stereocenters. The Morgan fingerprint density at radius 1 is 1.17 bits per heavy atom. The molecule has 2 heterocycles. The van der Waals surface area contributed by atoms with Crippen molar-refractivity contribution in [2.24, 2.45) is 0 Å². The van der Waals surface area contributed by atoms with Gasteiger partial charge in [-0.25, -0.2) is 0 Å². The molecule has 0 bridgehead atoms. The summed E-state index contributed by atoms with van der Waals surface area (Å²) >= 11 is 0. The molecule has 0 fully saturated rings. The number of amidine groups is 1. The van der Waals surface area contributed by atoms with Crippen LogP contribution in [-0.4, -0.2) is 24.3 Å². The van der Waals surface area contributed by atoms with E-state index in [1.807, 2.05) is 38.4 Å². The molecular weight excluding hydrogens is 300 g/mol. The summed E-state index contributed by atoms with van der Waals surface area (Å²) in [5.41, 5.74) is 4.86. The molecule has 0 radical (unpaired) electrons. The number of anilines is 1. The van der Waals surface area contributed by atoms with Gasteiger partial charge in [-0.15, -0.1) is 0 Å². The smallest absolute Gasteiger partial charge is 0.106 e. The van der Waals surface area contributed by atoms with Gasteiger partial charge in [0.2, 0.25) is 0 Å². The van der Waals surface area contributed by atoms with E-state index in [9.17, 15) is 0 Å². The molecule has 0 aliphatic carbocycles. The molecule has 0 spiro atoms. The lowest BCUT2D eigenvalue weighted by Gasteiger charge is -2.28. The summed E-state index contributed by atoms with van der Waals surface area (Å²) in [6.07, 6.45) is 6.38. The summed E-state index contributed by atoms with van der Waals surface area (Å²) in [4.78, 5) is 6.00. The van der Waals surface area contributed by atoms with Crippen LogP contribution in [0, 0.1) is 10.8 Å². The summed E-state index contributed by atoms with van der Waals surface area (Å²) in [7, 11) is 1.70. The van der Waals surface area contributed by atoms with Crippen LogP contribution >= 0.6 is 0 Å². The number of ether oxygens (including phenoxy) is 1. The van der Waals surface area contributed by atoms with E-state index in [2.05, 4.69) is 17.1 Å². The Balaban J connectivity index is 2.02. The second-order valence-electron chi connectivity index (χ2n) is 6.47. The minimum absolute atomic E-state index is 0.386. The molecule has 1 aliphatic heterocycles. The standard InChI is InChI=1S/C19H22N4O/c1-19(2,24-3)16-9-15(10-22-11-16)13-4-6-17-14(8-13)5-7-18(21)23(17)12-20/h4,6,8-12,20-21H,5,7H2,1-3H3. The van der Waals surface area contributed by atoms with Crippen molar-refractivity contribution >= 4 is 17.9 Å². The van der Waals surface area contributed by atoms with Gasteiger partial charge in [0.1, 0.15) is 5.84 Å². The maximum absolute atomic E-state index is 7.96. The van der Waals surface area contributed by atoms with Crippen molar-refractivity contribution in [1.29, 1.82) is 10.8 Å². The van der Waals surface area contributed by atoms with E-state index in [4.69, 9.17) is 15.6 Å². The fourth-order valence-corrected chi connectivity index (χ4v) is 2.91. The topological polar surface area (TPSA) is 73.1 Å². The second kappa shape index (κ2) is 6.17. The van der Waals surface area contributed by atoms with Crippen molar-refractivity contribution in [3.8, 4) is 11.1 Å². The number of benzene rings is 1. The molecule has 0 unspecified atom stereocenters. The highest BCUT2D eigenvalue weighted by molar-refractivity contribution is 6.11. The van der Waals surface area contributed by atoms with Gasteiger partial charge in [-0.1, -0.05) is 6.07 Å². The third-order valence-electron chi connectivity index (χ3n) is 4.67. The van der Waals surface area contributed by atoms with E-state index in [-0.39, 0.29) is 5.60 Å². The van der Waals surface area contributed by atoms with E-state index in [0.29, 0.717) is 12.3 Å². The fraction of sp³-hybridized carbons (Fsp3) is 0.316. The zero-order valence-electron chi connectivity index (χ0n) is 14.3. The predicted molar refractivity (Wildman–Crippen MR) is 97.0 cm³/mol. The van der Waals surface area contributed by atoms with Crippen LogP contribution in [0.15, 0.2) is 36.7 Å². The van der Waals surface area contributed by atoms with Gasteiger partial charge >= 0.3 is 0 Å². The van der Waals surface area contributed by atoms with E-state index in [1.165, 1.54) is 6.34 Å². The predicted octanol–water partition coefficient (Wildman–Crippen LogP) is 3.97. The highest BCUT2D eigenvalue weighted by Crippen LogP contribution is 2.33. The number of methoxy groups -OCH3 is 1. The van der Waals surface area contributed by atoms with Crippen LogP contribution in [0.4, 0.5) is 5.69 Å². The number of fused-ring (bicyclic) bond motifs is 1. The molecule has 24 heavy (non-hydrogen) atoms. The first-order valence-corrected chi connectivity index (χ1v) is 7.97. The zero-order valence-corrected chi connectivity index (χ0v) is 14.3. The Hall–Kier alpha value is -2.53. The third-order valence-corrected chi connectivity index (χ3v) is 4.67. The minimum Gasteiger partial charge on any atom is -0.374 e. The lowest BCUT2D eigenvalue weighted by Crippen LogP contribution is -2.32. The molecule has 0 saturated heterocycles. The van der Waals surface area contributed by atoms with Gasteiger partial charge in [0, 0.05) is 37.1 Å². The van der Waals surface area contributed by atoms with Gasteiger partial charge in [0.25, 0.3) is 0 Å². The normalized spacial score (nSPS) is 14.5. The maximum Gasteiger partial charge on any atom is 0.106 e. The van der Waals surface area contributed by atoms with E-state index in [0.717, 1.165) is 34.4 Å². The SMILES string of the molecule is COC(C)(C)c1cncc(-c2ccc3c(c2)CCC(=N)N3C=N)c1. The monoisotopic (exact) mass is 322 g/mol. The Morgan fingerprint density at radius 3 is 2.67 bits per heavy atom. The summed E-state index contributed by atoms with van der Waals surface area (Å²) < 4.78 is 5.55. The van der Waals surface area contributed by atoms with Gasteiger partial charge < -0.3 is 4.74 Å². The number of hydrogen-bond acceptors (Lipinski definition) is 4. The van der Waals surface area contributed by atoms with Crippen molar-refractivity contribution in [3.05, 3.63) is 47.8 Å².